The van der Waals surface area contributed by atoms with E-state index in [9.17, 15) is 4.79 Å². The number of hydrogen-bond acceptors (Lipinski definition) is 4. The summed E-state index contributed by atoms with van der Waals surface area (Å²) in [7, 11) is 1.62. The van der Waals surface area contributed by atoms with Gasteiger partial charge in [0.05, 0.1) is 18.5 Å². The van der Waals surface area contributed by atoms with Crippen molar-refractivity contribution in [3.8, 4) is 28.3 Å². The van der Waals surface area contributed by atoms with E-state index in [4.69, 9.17) is 10.3 Å². The monoisotopic (exact) mass is 345 g/mol. The van der Waals surface area contributed by atoms with Gasteiger partial charge in [-0.1, -0.05) is 24.3 Å². The van der Waals surface area contributed by atoms with Crippen molar-refractivity contribution in [2.75, 3.05) is 7.11 Å². The summed E-state index contributed by atoms with van der Waals surface area (Å²) in [5, 5.41) is 3.09. The lowest BCUT2D eigenvalue weighted by Crippen LogP contribution is -1.96. The molecule has 1 amide bonds. The third-order valence-electron chi connectivity index (χ3n) is 3.79. The van der Waals surface area contributed by atoms with Gasteiger partial charge in [0.1, 0.15) is 11.6 Å². The Kier molecular flexibility index (Phi) is 4.92. The predicted molar refractivity (Wildman–Crippen MR) is 97.7 cm³/mol. The molecule has 0 unspecified atom stereocenters. The van der Waals surface area contributed by atoms with E-state index in [-0.39, 0.29) is 0 Å². The molecule has 0 radical (unpaired) electrons. The molecular formula is C19H15N5O2. The van der Waals surface area contributed by atoms with Crippen molar-refractivity contribution >= 4 is 5.91 Å². The first-order valence-electron chi connectivity index (χ1n) is 7.80. The van der Waals surface area contributed by atoms with E-state index < -0.39 is 5.91 Å². The van der Waals surface area contributed by atoms with Gasteiger partial charge < -0.3 is 4.74 Å². The predicted octanol–water partition coefficient (Wildman–Crippen LogP) is 4.58. The number of nitrogens with zero attached hydrogens (tertiary/aromatic N) is 5. The number of carbonyl (C=O) groups is 1. The van der Waals surface area contributed by atoms with Crippen molar-refractivity contribution in [1.29, 1.82) is 0 Å². The first-order chi connectivity index (χ1) is 12.6. The molecule has 0 aliphatic heterocycles. The first kappa shape index (κ1) is 17.1. The van der Waals surface area contributed by atoms with Gasteiger partial charge in [-0.15, -0.1) is 0 Å². The highest BCUT2D eigenvalue weighted by atomic mass is 16.5. The van der Waals surface area contributed by atoms with Crippen LogP contribution in [0.25, 0.3) is 33.0 Å². The highest BCUT2D eigenvalue weighted by Crippen LogP contribution is 2.25. The molecule has 0 aliphatic carbocycles. The van der Waals surface area contributed by atoms with Gasteiger partial charge in [0, 0.05) is 21.6 Å². The van der Waals surface area contributed by atoms with Crippen LogP contribution in [0.15, 0.2) is 59.7 Å². The van der Waals surface area contributed by atoms with Gasteiger partial charge in [0.25, 0.3) is 0 Å². The van der Waals surface area contributed by atoms with E-state index in [2.05, 4.69) is 20.0 Å². The third-order valence-corrected chi connectivity index (χ3v) is 3.79. The summed E-state index contributed by atoms with van der Waals surface area (Å²) < 4.78 is 5.18. The molecule has 1 aromatic heterocycles. The minimum atomic E-state index is -0.614. The zero-order valence-corrected chi connectivity index (χ0v) is 14.2. The average Bonchev–Trinajstić information content (AvgIpc) is 2.68. The van der Waals surface area contributed by atoms with Crippen LogP contribution >= 0.6 is 0 Å². The molecule has 1 heterocycles. The second kappa shape index (κ2) is 7.46. The summed E-state index contributed by atoms with van der Waals surface area (Å²) in [5.41, 5.74) is 12.0. The van der Waals surface area contributed by atoms with Gasteiger partial charge in [-0.05, 0) is 47.9 Å². The van der Waals surface area contributed by atoms with Crippen molar-refractivity contribution in [3.05, 3.63) is 76.4 Å². The normalized spacial score (nSPS) is 10.1. The summed E-state index contributed by atoms with van der Waals surface area (Å²) in [6.07, 6.45) is 0. The summed E-state index contributed by atoms with van der Waals surface area (Å²) in [6.45, 7) is 1.83. The van der Waals surface area contributed by atoms with Crippen LogP contribution in [0.5, 0.6) is 5.75 Å². The third kappa shape index (κ3) is 3.68. The Balaban J connectivity index is 1.96. The number of ether oxygens (including phenoxy) is 1. The number of aryl methyl sites for hydroxylation is 1. The number of methoxy groups -OCH3 is 1. The molecule has 0 spiro atoms. The van der Waals surface area contributed by atoms with E-state index >= 15 is 0 Å². The van der Waals surface area contributed by atoms with Crippen molar-refractivity contribution in [2.24, 2.45) is 5.11 Å². The lowest BCUT2D eigenvalue weighted by Gasteiger charge is -2.08. The Morgan fingerprint density at radius 2 is 1.54 bits per heavy atom. The Morgan fingerprint density at radius 3 is 2.04 bits per heavy atom. The van der Waals surface area contributed by atoms with Gasteiger partial charge in [0.2, 0.25) is 5.91 Å². The van der Waals surface area contributed by atoms with Gasteiger partial charge >= 0.3 is 0 Å². The van der Waals surface area contributed by atoms with Crippen LogP contribution in [0, 0.1) is 6.92 Å². The maximum Gasteiger partial charge on any atom is 0.249 e. The molecule has 2 aromatic carbocycles. The van der Waals surface area contributed by atoms with Crippen molar-refractivity contribution in [2.45, 2.75) is 6.92 Å². The molecule has 0 N–H and O–H groups in total. The Labute approximate surface area is 149 Å². The zero-order valence-electron chi connectivity index (χ0n) is 14.2. The van der Waals surface area contributed by atoms with Crippen molar-refractivity contribution in [1.82, 2.24) is 9.97 Å². The SMILES string of the molecule is COc1ccc(-c2cc(-c3ccc(C(=O)N=[N+]=[N-])cc3)nc(C)n2)cc1. The van der Waals surface area contributed by atoms with E-state index in [1.807, 2.05) is 37.3 Å². The molecule has 0 saturated heterocycles. The number of amides is 1. The van der Waals surface area contributed by atoms with Crippen LogP contribution in [-0.2, 0) is 0 Å². The molecule has 0 bridgehead atoms. The fourth-order valence-corrected chi connectivity index (χ4v) is 2.51. The van der Waals surface area contributed by atoms with Crippen molar-refractivity contribution < 1.29 is 9.53 Å². The molecule has 3 rings (SSSR count). The highest BCUT2D eigenvalue weighted by molar-refractivity contribution is 5.95. The molecule has 7 nitrogen and oxygen atoms in total. The molecule has 0 saturated carbocycles. The van der Waals surface area contributed by atoms with E-state index in [0.717, 1.165) is 28.3 Å². The molecule has 0 fully saturated rings. The van der Waals surface area contributed by atoms with E-state index in [1.165, 1.54) is 0 Å². The molecule has 0 aliphatic rings. The molecule has 0 atom stereocenters. The number of azide groups is 1. The second-order valence-electron chi connectivity index (χ2n) is 5.49. The lowest BCUT2D eigenvalue weighted by molar-refractivity contribution is 0.100. The lowest BCUT2D eigenvalue weighted by atomic mass is 10.1. The summed E-state index contributed by atoms with van der Waals surface area (Å²) >= 11 is 0. The topological polar surface area (TPSA) is 101 Å². The van der Waals surface area contributed by atoms with Crippen molar-refractivity contribution in [3.63, 3.8) is 0 Å². The Morgan fingerprint density at radius 1 is 1.00 bits per heavy atom. The van der Waals surface area contributed by atoms with Crippen LogP contribution in [0.1, 0.15) is 16.2 Å². The minimum absolute atomic E-state index is 0.327. The molecule has 128 valence electrons. The zero-order chi connectivity index (χ0) is 18.5. The Hall–Kier alpha value is -3.70. The number of benzene rings is 2. The quantitative estimate of drug-likeness (QED) is 0.392. The molecule has 3 aromatic rings. The van der Waals surface area contributed by atoms with E-state index in [0.29, 0.717) is 11.4 Å². The molecule has 26 heavy (non-hydrogen) atoms. The van der Waals surface area contributed by atoms with Gasteiger partial charge in [-0.25, -0.2) is 9.97 Å². The maximum absolute atomic E-state index is 11.6. The van der Waals surface area contributed by atoms with Crippen LogP contribution < -0.4 is 4.74 Å². The highest BCUT2D eigenvalue weighted by Gasteiger charge is 2.08. The smallest absolute Gasteiger partial charge is 0.249 e. The molecular weight excluding hydrogens is 330 g/mol. The fourth-order valence-electron chi connectivity index (χ4n) is 2.51. The fraction of sp³-hybridized carbons (Fsp3) is 0.105. The number of aromatic nitrogens is 2. The van der Waals surface area contributed by atoms with Gasteiger partial charge in [0.15, 0.2) is 0 Å². The second-order valence-corrected chi connectivity index (χ2v) is 5.49. The summed E-state index contributed by atoms with van der Waals surface area (Å²) in [4.78, 5) is 23.1. The Bertz CT molecular complexity index is 991. The minimum Gasteiger partial charge on any atom is -0.497 e. The van der Waals surface area contributed by atoms with Crippen LogP contribution in [0.3, 0.4) is 0 Å². The van der Waals surface area contributed by atoms with Crippen LogP contribution in [-0.4, -0.2) is 23.0 Å². The number of rotatable bonds is 4. The van der Waals surface area contributed by atoms with Gasteiger partial charge in [-0.2, -0.15) is 0 Å². The summed E-state index contributed by atoms with van der Waals surface area (Å²) in [5.74, 6) is 0.805. The summed E-state index contributed by atoms with van der Waals surface area (Å²) in [6, 6.07) is 16.3. The maximum atomic E-state index is 11.6. The number of hydrogen-bond donors (Lipinski definition) is 0. The molecule has 7 heteroatoms. The van der Waals surface area contributed by atoms with Gasteiger partial charge in [-0.3, -0.25) is 4.79 Å². The van der Waals surface area contributed by atoms with E-state index in [1.54, 1.807) is 31.4 Å². The first-order valence-corrected chi connectivity index (χ1v) is 7.80. The number of carbonyl (C=O) groups excluding carboxylic acids is 1. The van der Waals surface area contributed by atoms with Crippen LogP contribution in [0.4, 0.5) is 0 Å². The largest absolute Gasteiger partial charge is 0.497 e. The standard InChI is InChI=1S/C19H15N5O2/c1-12-21-17(13-3-5-15(6-4-13)19(25)23-24-20)11-18(22-12)14-7-9-16(26-2)10-8-14/h3-11H,1-2H3. The van der Waals surface area contributed by atoms with Crippen LogP contribution in [0.2, 0.25) is 0 Å². The average molecular weight is 345 g/mol.